The van der Waals surface area contributed by atoms with Crippen molar-refractivity contribution in [2.45, 2.75) is 6.61 Å². The van der Waals surface area contributed by atoms with E-state index >= 15 is 0 Å². The van der Waals surface area contributed by atoms with Gasteiger partial charge in [0, 0.05) is 27.9 Å². The van der Waals surface area contributed by atoms with Crippen molar-refractivity contribution in [2.75, 3.05) is 13.2 Å². The fourth-order valence-electron chi connectivity index (χ4n) is 2.17. The molecule has 3 rings (SSSR count). The molecule has 0 fully saturated rings. The van der Waals surface area contributed by atoms with Gasteiger partial charge in [-0.3, -0.25) is 0 Å². The molecule has 0 bridgehead atoms. The van der Waals surface area contributed by atoms with Crippen LogP contribution in [0.25, 0.3) is 12.0 Å². The van der Waals surface area contributed by atoms with Crippen molar-refractivity contribution in [3.05, 3.63) is 73.3 Å². The molecule has 0 unspecified atom stereocenters. The number of imidazole rings is 1. The minimum atomic E-state index is 0.395. The smallest absolute Gasteiger partial charge is 0.144 e. The summed E-state index contributed by atoms with van der Waals surface area (Å²) in [4.78, 5) is 5.19. The number of nitrogens with zero attached hydrogens (tertiary/aromatic N) is 2. The van der Waals surface area contributed by atoms with E-state index in [4.69, 9.17) is 32.7 Å². The van der Waals surface area contributed by atoms with Crippen molar-refractivity contribution in [3.63, 3.8) is 0 Å². The molecule has 2 heterocycles. The number of aromatic nitrogens is 2. The van der Waals surface area contributed by atoms with Crippen LogP contribution in [-0.2, 0) is 16.1 Å². The highest BCUT2D eigenvalue weighted by Crippen LogP contribution is 2.28. The van der Waals surface area contributed by atoms with Crippen LogP contribution in [0.1, 0.15) is 10.4 Å². The van der Waals surface area contributed by atoms with Crippen molar-refractivity contribution >= 4 is 62.4 Å². The zero-order valence-corrected chi connectivity index (χ0v) is 17.5. The zero-order valence-electron chi connectivity index (χ0n) is 13.6. The predicted molar refractivity (Wildman–Crippen MR) is 110 cm³/mol. The Bertz CT molecular complexity index is 881. The molecule has 4 nitrogen and oxygen atoms in total. The van der Waals surface area contributed by atoms with Crippen LogP contribution in [0, 0.1) is 0 Å². The molecule has 0 saturated heterocycles. The molecule has 0 radical (unpaired) electrons. The van der Waals surface area contributed by atoms with E-state index in [0.29, 0.717) is 35.6 Å². The first-order chi connectivity index (χ1) is 12.6. The molecule has 0 saturated carbocycles. The molecule has 3 aromatic rings. The van der Waals surface area contributed by atoms with E-state index in [1.165, 1.54) is 0 Å². The Morgan fingerprint density at radius 3 is 2.81 bits per heavy atom. The van der Waals surface area contributed by atoms with Crippen LogP contribution in [0.3, 0.4) is 0 Å². The first kappa shape index (κ1) is 19.5. The topological polar surface area (TPSA) is 36.3 Å². The van der Waals surface area contributed by atoms with Gasteiger partial charge in [0.15, 0.2) is 0 Å². The molecule has 0 amide bonds. The second kappa shape index (κ2) is 9.58. The van der Waals surface area contributed by atoms with Crippen LogP contribution in [-0.4, -0.2) is 22.8 Å². The minimum Gasteiger partial charge on any atom is -0.489 e. The SMILES string of the molecule is Clc1ccc(/C(=C\n2ccnc2)OCCOCc2ccc(Br)s2)c(Cl)c1. The standard InChI is InChI=1S/C18H15BrCl2N2O2S/c19-18-4-2-14(26-18)11-24-7-8-25-17(10-23-6-5-22-12-23)15-3-1-13(20)9-16(15)21/h1-6,9-10,12H,7-8,11H2/b17-10+. The summed E-state index contributed by atoms with van der Waals surface area (Å²) in [6, 6.07) is 9.34. The maximum atomic E-state index is 6.32. The van der Waals surface area contributed by atoms with Gasteiger partial charge in [-0.25, -0.2) is 4.98 Å². The molecule has 0 aliphatic heterocycles. The van der Waals surface area contributed by atoms with Crippen LogP contribution in [0.5, 0.6) is 0 Å². The van der Waals surface area contributed by atoms with Gasteiger partial charge in [-0.2, -0.15) is 0 Å². The summed E-state index contributed by atoms with van der Waals surface area (Å²) in [5.41, 5.74) is 0.756. The van der Waals surface area contributed by atoms with Gasteiger partial charge >= 0.3 is 0 Å². The van der Waals surface area contributed by atoms with Gasteiger partial charge in [0.25, 0.3) is 0 Å². The van der Waals surface area contributed by atoms with Crippen molar-refractivity contribution in [1.29, 1.82) is 0 Å². The van der Waals surface area contributed by atoms with Gasteiger partial charge in [-0.1, -0.05) is 23.2 Å². The minimum absolute atomic E-state index is 0.395. The molecule has 0 spiro atoms. The van der Waals surface area contributed by atoms with Crippen LogP contribution < -0.4 is 0 Å². The number of hydrogen-bond donors (Lipinski definition) is 0. The average molecular weight is 474 g/mol. The fourth-order valence-corrected chi connectivity index (χ4v) is 4.09. The highest BCUT2D eigenvalue weighted by molar-refractivity contribution is 9.11. The van der Waals surface area contributed by atoms with Crippen LogP contribution in [0.2, 0.25) is 10.0 Å². The number of ether oxygens (including phenoxy) is 2. The molecule has 0 aliphatic carbocycles. The maximum Gasteiger partial charge on any atom is 0.144 e. The highest BCUT2D eigenvalue weighted by Gasteiger charge is 2.10. The largest absolute Gasteiger partial charge is 0.489 e. The molecule has 136 valence electrons. The summed E-state index contributed by atoms with van der Waals surface area (Å²) in [6.07, 6.45) is 7.01. The van der Waals surface area contributed by atoms with Crippen molar-refractivity contribution in [2.24, 2.45) is 0 Å². The van der Waals surface area contributed by atoms with E-state index in [9.17, 15) is 0 Å². The van der Waals surface area contributed by atoms with Crippen LogP contribution in [0.15, 0.2) is 52.8 Å². The molecular formula is C18H15BrCl2N2O2S. The molecule has 2 aromatic heterocycles. The summed E-state index contributed by atoms with van der Waals surface area (Å²) < 4.78 is 14.5. The van der Waals surface area contributed by atoms with Gasteiger partial charge in [0.1, 0.15) is 12.4 Å². The Balaban J connectivity index is 1.62. The second-order valence-electron chi connectivity index (χ2n) is 5.23. The van der Waals surface area contributed by atoms with Crippen molar-refractivity contribution in [1.82, 2.24) is 9.55 Å². The Hall–Kier alpha value is -1.31. The monoisotopic (exact) mass is 472 g/mol. The van der Waals surface area contributed by atoms with Gasteiger partial charge in [-0.15, -0.1) is 11.3 Å². The Kier molecular flexibility index (Phi) is 7.16. The van der Waals surface area contributed by atoms with E-state index in [1.807, 2.05) is 30.6 Å². The first-order valence-electron chi connectivity index (χ1n) is 7.71. The number of benzene rings is 1. The molecule has 0 atom stereocenters. The number of thiophene rings is 1. The fraction of sp³-hybridized carbons (Fsp3) is 0.167. The Labute approximate surface area is 174 Å². The summed E-state index contributed by atoms with van der Waals surface area (Å²) in [7, 11) is 0. The summed E-state index contributed by atoms with van der Waals surface area (Å²) >= 11 is 17.4. The lowest BCUT2D eigenvalue weighted by molar-refractivity contribution is 0.0823. The third kappa shape index (κ3) is 5.59. The summed E-state index contributed by atoms with van der Waals surface area (Å²) in [5.74, 6) is 0.618. The van der Waals surface area contributed by atoms with Gasteiger partial charge < -0.3 is 14.0 Å². The maximum absolute atomic E-state index is 6.32. The molecule has 26 heavy (non-hydrogen) atoms. The molecule has 0 aliphatic rings. The van der Waals surface area contributed by atoms with E-state index in [1.54, 1.807) is 40.6 Å². The normalized spacial score (nSPS) is 11.7. The van der Waals surface area contributed by atoms with Crippen molar-refractivity contribution < 1.29 is 9.47 Å². The van der Waals surface area contributed by atoms with E-state index in [-0.39, 0.29) is 0 Å². The van der Waals surface area contributed by atoms with Gasteiger partial charge in [-0.05, 0) is 46.3 Å². The molecule has 1 aromatic carbocycles. The summed E-state index contributed by atoms with van der Waals surface area (Å²) in [5, 5.41) is 1.10. The first-order valence-corrected chi connectivity index (χ1v) is 10.1. The highest BCUT2D eigenvalue weighted by atomic mass is 79.9. The van der Waals surface area contributed by atoms with Gasteiger partial charge in [0.05, 0.1) is 34.6 Å². The van der Waals surface area contributed by atoms with Crippen LogP contribution in [0.4, 0.5) is 0 Å². The third-order valence-corrected chi connectivity index (χ3v) is 5.49. The number of halogens is 3. The zero-order chi connectivity index (χ0) is 18.4. The van der Waals surface area contributed by atoms with E-state index in [2.05, 4.69) is 20.9 Å². The lowest BCUT2D eigenvalue weighted by Gasteiger charge is -2.13. The Morgan fingerprint density at radius 2 is 2.12 bits per heavy atom. The lowest BCUT2D eigenvalue weighted by atomic mass is 10.2. The third-order valence-electron chi connectivity index (χ3n) is 3.35. The van der Waals surface area contributed by atoms with Crippen molar-refractivity contribution in [3.8, 4) is 0 Å². The quantitative estimate of drug-likeness (QED) is 0.288. The average Bonchev–Trinajstić information content (AvgIpc) is 3.25. The summed E-state index contributed by atoms with van der Waals surface area (Å²) in [6.45, 7) is 1.41. The van der Waals surface area contributed by atoms with Crippen LogP contribution >= 0.6 is 50.5 Å². The molecule has 0 N–H and O–H groups in total. The molecular weight excluding hydrogens is 459 g/mol. The lowest BCUT2D eigenvalue weighted by Crippen LogP contribution is -2.04. The van der Waals surface area contributed by atoms with Gasteiger partial charge in [0.2, 0.25) is 0 Å². The second-order valence-corrected chi connectivity index (χ2v) is 8.63. The van der Waals surface area contributed by atoms with E-state index < -0.39 is 0 Å². The van der Waals surface area contributed by atoms with E-state index in [0.717, 1.165) is 14.2 Å². The predicted octanol–water partition coefficient (Wildman–Crippen LogP) is 6.20. The number of rotatable bonds is 8. The Morgan fingerprint density at radius 1 is 1.23 bits per heavy atom. The molecule has 8 heteroatoms. The number of hydrogen-bond acceptors (Lipinski definition) is 4.